The minimum Gasteiger partial charge on any atom is -0.492 e. The number of para-hydroxylation sites is 2. The van der Waals surface area contributed by atoms with E-state index in [4.69, 9.17) is 4.74 Å². The Balaban J connectivity index is 1.32. The monoisotopic (exact) mass is 487 g/mol. The quantitative estimate of drug-likeness (QED) is 0.428. The Labute approximate surface area is 208 Å². The van der Waals surface area contributed by atoms with Gasteiger partial charge in [-0.1, -0.05) is 29.8 Å². The Morgan fingerprint density at radius 2 is 1.75 bits per heavy atom. The zero-order chi connectivity index (χ0) is 25.1. The summed E-state index contributed by atoms with van der Waals surface area (Å²) in [6, 6.07) is 15.7. The van der Waals surface area contributed by atoms with Crippen molar-refractivity contribution < 1.29 is 9.53 Å². The van der Waals surface area contributed by atoms with E-state index in [2.05, 4.69) is 56.4 Å². The first-order chi connectivity index (χ1) is 17.5. The molecule has 2 aromatic carbocycles. The van der Waals surface area contributed by atoms with E-state index in [-0.39, 0.29) is 18.1 Å². The molecular formula is C26H29N7O3. The van der Waals surface area contributed by atoms with Crippen LogP contribution in [0.2, 0.25) is 0 Å². The van der Waals surface area contributed by atoms with Crippen molar-refractivity contribution >= 4 is 28.7 Å². The molecule has 1 N–H and O–H groups in total. The van der Waals surface area contributed by atoms with Gasteiger partial charge in [0.2, 0.25) is 11.6 Å². The van der Waals surface area contributed by atoms with Crippen LogP contribution in [0.25, 0.3) is 5.65 Å². The number of nitrogens with one attached hydrogen (secondary N) is 1. The molecule has 1 aliphatic heterocycles. The maximum atomic E-state index is 13.0. The van der Waals surface area contributed by atoms with E-state index in [1.807, 2.05) is 19.1 Å². The number of fused-ring (bicyclic) bond motifs is 1. The molecule has 5 rings (SSSR count). The summed E-state index contributed by atoms with van der Waals surface area (Å²) >= 11 is 0. The van der Waals surface area contributed by atoms with Crippen molar-refractivity contribution in [1.29, 1.82) is 0 Å². The summed E-state index contributed by atoms with van der Waals surface area (Å²) in [5, 5.41) is 7.28. The van der Waals surface area contributed by atoms with E-state index in [0.717, 1.165) is 26.2 Å². The van der Waals surface area contributed by atoms with Crippen LogP contribution in [0.4, 0.5) is 17.2 Å². The molecule has 1 amide bonds. The minimum atomic E-state index is -0.389. The van der Waals surface area contributed by atoms with Gasteiger partial charge in [0.25, 0.3) is 0 Å². The Morgan fingerprint density at radius 1 is 1.03 bits per heavy atom. The fourth-order valence-corrected chi connectivity index (χ4v) is 4.37. The normalized spacial score (nSPS) is 13.7. The van der Waals surface area contributed by atoms with Crippen LogP contribution in [-0.2, 0) is 11.3 Å². The number of nitrogens with zero attached hydrogens (tertiary/aromatic N) is 6. The van der Waals surface area contributed by atoms with Gasteiger partial charge >= 0.3 is 5.69 Å². The average molecular weight is 488 g/mol. The number of anilines is 3. The summed E-state index contributed by atoms with van der Waals surface area (Å²) in [5.74, 6) is 0.847. The molecule has 0 spiro atoms. The number of hydrogen-bond acceptors (Lipinski definition) is 7. The lowest BCUT2D eigenvalue weighted by atomic mass is 10.2. The SMILES string of the molecule is CCOc1ccccc1NC(=O)Cn1nc2c(N3CCN(c4ccc(C)cc4)CC3)nccn2c1=O. The highest BCUT2D eigenvalue weighted by molar-refractivity contribution is 5.92. The van der Waals surface area contributed by atoms with E-state index >= 15 is 0 Å². The van der Waals surface area contributed by atoms with Crippen molar-refractivity contribution in [1.82, 2.24) is 19.2 Å². The summed E-state index contributed by atoms with van der Waals surface area (Å²) in [4.78, 5) is 34.7. The van der Waals surface area contributed by atoms with Crippen molar-refractivity contribution in [3.8, 4) is 5.75 Å². The predicted octanol–water partition coefficient (Wildman–Crippen LogP) is 2.56. The molecule has 0 bridgehead atoms. The van der Waals surface area contributed by atoms with Crippen LogP contribution in [0, 0.1) is 6.92 Å². The Kier molecular flexibility index (Phi) is 6.57. The molecule has 0 saturated carbocycles. The van der Waals surface area contributed by atoms with Crippen molar-refractivity contribution in [2.45, 2.75) is 20.4 Å². The molecule has 36 heavy (non-hydrogen) atoms. The molecular weight excluding hydrogens is 458 g/mol. The van der Waals surface area contributed by atoms with Crippen LogP contribution in [-0.4, -0.2) is 57.9 Å². The number of aryl methyl sites for hydroxylation is 1. The molecule has 186 valence electrons. The summed E-state index contributed by atoms with van der Waals surface area (Å²) < 4.78 is 8.17. The number of carbonyl (C=O) groups is 1. The number of carbonyl (C=O) groups excluding carboxylic acids is 1. The lowest BCUT2D eigenvalue weighted by molar-refractivity contribution is -0.117. The average Bonchev–Trinajstić information content (AvgIpc) is 3.21. The third-order valence-corrected chi connectivity index (χ3v) is 6.22. The molecule has 2 aromatic heterocycles. The smallest absolute Gasteiger partial charge is 0.350 e. The fourth-order valence-electron chi connectivity index (χ4n) is 4.37. The number of benzene rings is 2. The van der Waals surface area contributed by atoms with Gasteiger partial charge in [0.15, 0.2) is 5.82 Å². The highest BCUT2D eigenvalue weighted by Gasteiger charge is 2.23. The number of piperazine rings is 1. The summed E-state index contributed by atoms with van der Waals surface area (Å²) in [5.41, 5.74) is 3.04. The zero-order valence-electron chi connectivity index (χ0n) is 20.4. The topological polar surface area (TPSA) is 97.0 Å². The van der Waals surface area contributed by atoms with Crippen molar-refractivity contribution in [3.63, 3.8) is 0 Å². The number of amides is 1. The fraction of sp³-hybridized carbons (Fsp3) is 0.308. The number of hydrogen-bond donors (Lipinski definition) is 1. The number of aromatic nitrogens is 4. The van der Waals surface area contributed by atoms with Gasteiger partial charge < -0.3 is 19.9 Å². The number of rotatable bonds is 7. The van der Waals surface area contributed by atoms with Crippen molar-refractivity contribution in [3.05, 3.63) is 77.0 Å². The van der Waals surface area contributed by atoms with Crippen molar-refractivity contribution in [2.75, 3.05) is 47.9 Å². The first kappa shape index (κ1) is 23.4. The van der Waals surface area contributed by atoms with Gasteiger partial charge in [-0.25, -0.2) is 18.9 Å². The molecule has 0 radical (unpaired) electrons. The molecule has 0 aliphatic carbocycles. The molecule has 4 aromatic rings. The second-order valence-electron chi connectivity index (χ2n) is 8.67. The van der Waals surface area contributed by atoms with Crippen molar-refractivity contribution in [2.24, 2.45) is 0 Å². The summed E-state index contributed by atoms with van der Waals surface area (Å²) in [6.45, 7) is 7.38. The summed E-state index contributed by atoms with van der Waals surface area (Å²) in [7, 11) is 0. The van der Waals surface area contributed by atoms with E-state index in [1.54, 1.807) is 24.5 Å². The van der Waals surface area contributed by atoms with Gasteiger partial charge in [0.05, 0.1) is 12.3 Å². The molecule has 3 heterocycles. The van der Waals surface area contributed by atoms with Gasteiger partial charge in [-0.2, -0.15) is 0 Å². The first-order valence-electron chi connectivity index (χ1n) is 12.1. The predicted molar refractivity (Wildman–Crippen MR) is 139 cm³/mol. The van der Waals surface area contributed by atoms with Gasteiger partial charge in [0.1, 0.15) is 12.3 Å². The molecule has 10 heteroatoms. The molecule has 1 saturated heterocycles. The van der Waals surface area contributed by atoms with Crippen LogP contribution in [0.1, 0.15) is 12.5 Å². The maximum Gasteiger partial charge on any atom is 0.350 e. The Morgan fingerprint density at radius 3 is 2.50 bits per heavy atom. The standard InChI is InChI=1S/C26H29N7O3/c1-3-36-22-7-5-4-6-21(22)28-23(34)18-33-26(35)32-13-12-27-24(25(32)29-33)31-16-14-30(15-17-31)20-10-8-19(2)9-11-20/h4-13H,3,14-18H2,1-2H3,(H,28,34). The molecule has 0 atom stereocenters. The van der Waals surface area contributed by atoms with E-state index in [0.29, 0.717) is 29.5 Å². The van der Waals surface area contributed by atoms with Crippen LogP contribution in [0.15, 0.2) is 65.7 Å². The second-order valence-corrected chi connectivity index (χ2v) is 8.67. The molecule has 0 unspecified atom stereocenters. The zero-order valence-corrected chi connectivity index (χ0v) is 20.4. The van der Waals surface area contributed by atoms with E-state index in [1.165, 1.54) is 20.3 Å². The second kappa shape index (κ2) is 10.1. The summed E-state index contributed by atoms with van der Waals surface area (Å²) in [6.07, 6.45) is 3.18. The largest absolute Gasteiger partial charge is 0.492 e. The van der Waals surface area contributed by atoms with Crippen LogP contribution in [0.5, 0.6) is 5.75 Å². The molecule has 1 fully saturated rings. The van der Waals surface area contributed by atoms with E-state index < -0.39 is 0 Å². The van der Waals surface area contributed by atoms with E-state index in [9.17, 15) is 9.59 Å². The first-order valence-corrected chi connectivity index (χ1v) is 12.1. The number of ether oxygens (including phenoxy) is 1. The third kappa shape index (κ3) is 4.74. The van der Waals surface area contributed by atoms with Gasteiger partial charge in [-0.3, -0.25) is 4.79 Å². The molecule has 10 nitrogen and oxygen atoms in total. The van der Waals surface area contributed by atoms with Crippen LogP contribution < -0.4 is 25.5 Å². The van der Waals surface area contributed by atoms with Gasteiger partial charge in [-0.05, 0) is 38.1 Å². The highest BCUT2D eigenvalue weighted by atomic mass is 16.5. The molecule has 1 aliphatic rings. The van der Waals surface area contributed by atoms with Crippen LogP contribution in [0.3, 0.4) is 0 Å². The Hall–Kier alpha value is -4.34. The maximum absolute atomic E-state index is 13.0. The Bertz CT molecular complexity index is 1420. The lowest BCUT2D eigenvalue weighted by Crippen LogP contribution is -2.47. The van der Waals surface area contributed by atoms with Gasteiger partial charge in [0, 0.05) is 44.3 Å². The van der Waals surface area contributed by atoms with Crippen LogP contribution >= 0.6 is 0 Å². The minimum absolute atomic E-state index is 0.221. The van der Waals surface area contributed by atoms with Gasteiger partial charge in [-0.15, -0.1) is 5.10 Å². The lowest BCUT2D eigenvalue weighted by Gasteiger charge is -2.36. The highest BCUT2D eigenvalue weighted by Crippen LogP contribution is 2.24. The third-order valence-electron chi connectivity index (χ3n) is 6.22.